The van der Waals surface area contributed by atoms with Crippen LogP contribution in [0.5, 0.6) is 5.75 Å². The predicted molar refractivity (Wildman–Crippen MR) is 58.7 cm³/mol. The van der Waals surface area contributed by atoms with Crippen molar-refractivity contribution in [2.75, 3.05) is 13.7 Å². The molecule has 0 fully saturated rings. The van der Waals surface area contributed by atoms with Gasteiger partial charge >= 0.3 is 6.03 Å². The van der Waals surface area contributed by atoms with E-state index in [4.69, 9.17) is 10.5 Å². The molecule has 0 aliphatic heterocycles. The summed E-state index contributed by atoms with van der Waals surface area (Å²) in [7, 11) is 1.67. The van der Waals surface area contributed by atoms with Crippen molar-refractivity contribution in [1.82, 2.24) is 4.90 Å². The minimum absolute atomic E-state index is 0.427. The predicted octanol–water partition coefficient (Wildman–Crippen LogP) is 1.60. The van der Waals surface area contributed by atoms with Crippen molar-refractivity contribution < 1.29 is 9.53 Å². The van der Waals surface area contributed by atoms with E-state index in [1.807, 2.05) is 31.2 Å². The SMILES string of the molecule is CCOc1ccc(CN(C)C(N)=O)cc1. The number of ether oxygens (including phenoxy) is 1. The molecule has 0 bridgehead atoms. The zero-order valence-corrected chi connectivity index (χ0v) is 9.06. The van der Waals surface area contributed by atoms with Crippen LogP contribution in [0.3, 0.4) is 0 Å². The molecule has 1 aromatic carbocycles. The first-order chi connectivity index (χ1) is 7.13. The molecule has 0 saturated carbocycles. The van der Waals surface area contributed by atoms with Gasteiger partial charge in [-0.3, -0.25) is 0 Å². The Hall–Kier alpha value is -1.71. The zero-order valence-electron chi connectivity index (χ0n) is 9.06. The smallest absolute Gasteiger partial charge is 0.314 e. The van der Waals surface area contributed by atoms with Gasteiger partial charge in [-0.05, 0) is 24.6 Å². The molecule has 0 aliphatic carbocycles. The van der Waals surface area contributed by atoms with Crippen LogP contribution in [0.25, 0.3) is 0 Å². The summed E-state index contributed by atoms with van der Waals surface area (Å²) in [5, 5.41) is 0. The quantitative estimate of drug-likeness (QED) is 0.817. The minimum Gasteiger partial charge on any atom is -0.494 e. The highest BCUT2D eigenvalue weighted by Crippen LogP contribution is 2.12. The van der Waals surface area contributed by atoms with Crippen LogP contribution in [-0.4, -0.2) is 24.6 Å². The van der Waals surface area contributed by atoms with Gasteiger partial charge in [-0.25, -0.2) is 4.79 Å². The molecule has 0 atom stereocenters. The van der Waals surface area contributed by atoms with Crippen molar-refractivity contribution in [3.05, 3.63) is 29.8 Å². The molecule has 0 unspecified atom stereocenters. The van der Waals surface area contributed by atoms with E-state index in [1.54, 1.807) is 7.05 Å². The number of benzene rings is 1. The van der Waals surface area contributed by atoms with Crippen LogP contribution in [0.2, 0.25) is 0 Å². The Labute approximate surface area is 89.6 Å². The molecular weight excluding hydrogens is 192 g/mol. The van der Waals surface area contributed by atoms with Crippen LogP contribution in [-0.2, 0) is 6.54 Å². The number of primary amides is 1. The molecule has 0 heterocycles. The lowest BCUT2D eigenvalue weighted by molar-refractivity contribution is 0.216. The average molecular weight is 208 g/mol. The molecule has 0 spiro atoms. The van der Waals surface area contributed by atoms with Crippen LogP contribution in [0.4, 0.5) is 4.79 Å². The third-order valence-electron chi connectivity index (χ3n) is 2.03. The summed E-state index contributed by atoms with van der Waals surface area (Å²) in [6.45, 7) is 3.11. The maximum atomic E-state index is 10.8. The molecule has 0 aliphatic rings. The van der Waals surface area contributed by atoms with Gasteiger partial charge in [0.05, 0.1) is 6.61 Å². The van der Waals surface area contributed by atoms with Crippen molar-refractivity contribution in [2.45, 2.75) is 13.5 Å². The van der Waals surface area contributed by atoms with Crippen molar-refractivity contribution in [3.63, 3.8) is 0 Å². The van der Waals surface area contributed by atoms with Gasteiger partial charge in [-0.1, -0.05) is 12.1 Å². The number of rotatable bonds is 4. The molecule has 0 saturated heterocycles. The van der Waals surface area contributed by atoms with Crippen LogP contribution < -0.4 is 10.5 Å². The number of nitrogens with two attached hydrogens (primary N) is 1. The monoisotopic (exact) mass is 208 g/mol. The summed E-state index contributed by atoms with van der Waals surface area (Å²) in [6.07, 6.45) is 0. The number of nitrogens with zero attached hydrogens (tertiary/aromatic N) is 1. The molecule has 82 valence electrons. The van der Waals surface area contributed by atoms with Crippen LogP contribution in [0, 0.1) is 0 Å². The molecule has 2 amide bonds. The number of carbonyl (C=O) groups is 1. The summed E-state index contributed by atoms with van der Waals surface area (Å²) in [5.74, 6) is 0.836. The lowest BCUT2D eigenvalue weighted by Gasteiger charge is -2.14. The second-order valence-electron chi connectivity index (χ2n) is 3.27. The van der Waals surface area contributed by atoms with Crippen LogP contribution >= 0.6 is 0 Å². The van der Waals surface area contributed by atoms with Crippen LogP contribution in [0.15, 0.2) is 24.3 Å². The van der Waals surface area contributed by atoms with E-state index in [2.05, 4.69) is 0 Å². The fraction of sp³-hybridized carbons (Fsp3) is 0.364. The number of amides is 2. The first-order valence-electron chi connectivity index (χ1n) is 4.85. The molecule has 2 N–H and O–H groups in total. The highest BCUT2D eigenvalue weighted by Gasteiger charge is 2.03. The zero-order chi connectivity index (χ0) is 11.3. The Morgan fingerprint density at radius 3 is 2.47 bits per heavy atom. The number of carbonyl (C=O) groups excluding carboxylic acids is 1. The molecule has 4 heteroatoms. The number of urea groups is 1. The minimum atomic E-state index is -0.427. The van der Waals surface area contributed by atoms with Crippen molar-refractivity contribution in [1.29, 1.82) is 0 Å². The Kier molecular flexibility index (Phi) is 3.97. The summed E-state index contributed by atoms with van der Waals surface area (Å²) in [4.78, 5) is 12.3. The van der Waals surface area contributed by atoms with Crippen molar-refractivity contribution in [2.24, 2.45) is 5.73 Å². The topological polar surface area (TPSA) is 55.6 Å². The Morgan fingerprint density at radius 2 is 2.00 bits per heavy atom. The fourth-order valence-corrected chi connectivity index (χ4v) is 1.21. The second-order valence-corrected chi connectivity index (χ2v) is 3.27. The van der Waals surface area contributed by atoms with E-state index in [9.17, 15) is 4.79 Å². The summed E-state index contributed by atoms with van der Waals surface area (Å²) < 4.78 is 5.31. The normalized spacial score (nSPS) is 9.73. The van der Waals surface area contributed by atoms with E-state index in [0.717, 1.165) is 11.3 Å². The van der Waals surface area contributed by atoms with Gasteiger partial charge in [-0.15, -0.1) is 0 Å². The van der Waals surface area contributed by atoms with Gasteiger partial charge in [-0.2, -0.15) is 0 Å². The van der Waals surface area contributed by atoms with Gasteiger partial charge in [0, 0.05) is 13.6 Å². The molecular formula is C11H16N2O2. The number of hydrogen-bond donors (Lipinski definition) is 1. The van der Waals surface area contributed by atoms with E-state index in [-0.39, 0.29) is 0 Å². The molecule has 15 heavy (non-hydrogen) atoms. The summed E-state index contributed by atoms with van der Waals surface area (Å²) >= 11 is 0. The standard InChI is InChI=1S/C11H16N2O2/c1-3-15-10-6-4-9(5-7-10)8-13(2)11(12)14/h4-7H,3,8H2,1-2H3,(H2,12,14). The van der Waals surface area contributed by atoms with E-state index >= 15 is 0 Å². The third-order valence-corrected chi connectivity index (χ3v) is 2.03. The molecule has 0 radical (unpaired) electrons. The lowest BCUT2D eigenvalue weighted by atomic mass is 10.2. The maximum Gasteiger partial charge on any atom is 0.314 e. The first-order valence-corrected chi connectivity index (χ1v) is 4.85. The largest absolute Gasteiger partial charge is 0.494 e. The maximum absolute atomic E-state index is 10.8. The van der Waals surface area contributed by atoms with Gasteiger partial charge in [0.1, 0.15) is 5.75 Å². The van der Waals surface area contributed by atoms with Gasteiger partial charge in [0.25, 0.3) is 0 Å². The highest BCUT2D eigenvalue weighted by atomic mass is 16.5. The third kappa shape index (κ3) is 3.50. The van der Waals surface area contributed by atoms with E-state index in [0.29, 0.717) is 13.2 Å². The van der Waals surface area contributed by atoms with Crippen LogP contribution in [0.1, 0.15) is 12.5 Å². The Balaban J connectivity index is 2.60. The second kappa shape index (κ2) is 5.24. The summed E-state index contributed by atoms with van der Waals surface area (Å²) in [5.41, 5.74) is 6.15. The van der Waals surface area contributed by atoms with E-state index in [1.165, 1.54) is 4.90 Å². The van der Waals surface area contributed by atoms with Crippen molar-refractivity contribution >= 4 is 6.03 Å². The molecule has 1 aromatic rings. The number of hydrogen-bond acceptors (Lipinski definition) is 2. The van der Waals surface area contributed by atoms with Crippen molar-refractivity contribution in [3.8, 4) is 5.75 Å². The first kappa shape index (κ1) is 11.4. The highest BCUT2D eigenvalue weighted by molar-refractivity contribution is 5.71. The Morgan fingerprint density at radius 1 is 1.40 bits per heavy atom. The van der Waals surface area contributed by atoms with Gasteiger partial charge in [0.15, 0.2) is 0 Å². The molecule has 4 nitrogen and oxygen atoms in total. The average Bonchev–Trinajstić information content (AvgIpc) is 2.21. The summed E-state index contributed by atoms with van der Waals surface area (Å²) in [6, 6.07) is 7.18. The van der Waals surface area contributed by atoms with E-state index < -0.39 is 6.03 Å². The Bertz CT molecular complexity index is 322. The van der Waals surface area contributed by atoms with Gasteiger partial charge < -0.3 is 15.4 Å². The van der Waals surface area contributed by atoms with Gasteiger partial charge in [0.2, 0.25) is 0 Å². The molecule has 1 rings (SSSR count). The fourth-order valence-electron chi connectivity index (χ4n) is 1.21. The lowest BCUT2D eigenvalue weighted by Crippen LogP contribution is -2.31. The molecule has 0 aromatic heterocycles.